The molecule has 2 rings (SSSR count). The van der Waals surface area contributed by atoms with Gasteiger partial charge < -0.3 is 10.2 Å². The lowest BCUT2D eigenvalue weighted by Crippen LogP contribution is -2.09. The van der Waals surface area contributed by atoms with Crippen molar-refractivity contribution < 1.29 is 4.42 Å². The Hall–Kier alpha value is -1.42. The first kappa shape index (κ1) is 14.0. The molecule has 0 amide bonds. The molecule has 0 aliphatic heterocycles. The number of anilines is 1. The summed E-state index contributed by atoms with van der Waals surface area (Å²) in [5.41, 5.74) is 7.82. The molecule has 2 N–H and O–H groups in total. The fraction of sp³-hybridized carbons (Fsp3) is 0.400. The molecular weight excluding hydrogens is 256 g/mol. The Morgan fingerprint density at radius 2 is 2.05 bits per heavy atom. The van der Waals surface area contributed by atoms with Crippen molar-refractivity contribution >= 4 is 17.4 Å². The first-order valence-corrected chi connectivity index (χ1v) is 7.29. The molecule has 0 saturated carbocycles. The third-order valence-electron chi connectivity index (χ3n) is 2.86. The second-order valence-corrected chi connectivity index (χ2v) is 6.70. The molecule has 0 atom stereocenters. The van der Waals surface area contributed by atoms with Crippen molar-refractivity contribution in [2.45, 2.75) is 43.8 Å². The van der Waals surface area contributed by atoms with Gasteiger partial charge in [-0.25, -0.2) is 4.98 Å². The molecule has 0 aliphatic carbocycles. The largest absolute Gasteiger partial charge is 0.444 e. The highest BCUT2D eigenvalue weighted by Gasteiger charge is 2.19. The van der Waals surface area contributed by atoms with Gasteiger partial charge in [-0.15, -0.1) is 11.8 Å². The Balaban J connectivity index is 2.06. The number of aromatic nitrogens is 1. The van der Waals surface area contributed by atoms with E-state index in [2.05, 4.69) is 32.7 Å². The fourth-order valence-electron chi connectivity index (χ4n) is 1.64. The summed E-state index contributed by atoms with van der Waals surface area (Å²) < 4.78 is 5.78. The number of nitrogens with two attached hydrogens (primary N) is 1. The van der Waals surface area contributed by atoms with Crippen molar-refractivity contribution in [2.75, 3.05) is 5.73 Å². The number of nitrogen functional groups attached to an aromatic ring is 1. The van der Waals surface area contributed by atoms with E-state index in [4.69, 9.17) is 10.2 Å². The Kier molecular flexibility index (Phi) is 3.90. The number of rotatable bonds is 3. The van der Waals surface area contributed by atoms with Gasteiger partial charge in [-0.05, 0) is 24.6 Å². The van der Waals surface area contributed by atoms with Crippen LogP contribution in [0.3, 0.4) is 0 Å². The maximum absolute atomic E-state index is 5.81. The van der Waals surface area contributed by atoms with E-state index in [1.165, 1.54) is 10.5 Å². The van der Waals surface area contributed by atoms with Crippen LogP contribution in [0.1, 0.15) is 38.0 Å². The maximum Gasteiger partial charge on any atom is 0.204 e. The third kappa shape index (κ3) is 3.53. The number of benzene rings is 1. The first-order chi connectivity index (χ1) is 8.86. The van der Waals surface area contributed by atoms with Crippen molar-refractivity contribution in [3.05, 3.63) is 41.6 Å². The highest BCUT2D eigenvalue weighted by molar-refractivity contribution is 7.98. The molecule has 0 spiro atoms. The van der Waals surface area contributed by atoms with Crippen LogP contribution in [0.25, 0.3) is 0 Å². The molecule has 3 nitrogen and oxygen atoms in total. The van der Waals surface area contributed by atoms with E-state index in [0.717, 1.165) is 23.1 Å². The molecule has 0 bridgehead atoms. The van der Waals surface area contributed by atoms with Crippen LogP contribution >= 0.6 is 11.8 Å². The molecule has 0 radical (unpaired) electrons. The molecule has 102 valence electrons. The quantitative estimate of drug-likeness (QED) is 0.675. The summed E-state index contributed by atoms with van der Waals surface area (Å²) in [6, 6.07) is 5.95. The van der Waals surface area contributed by atoms with Crippen molar-refractivity contribution in [1.29, 1.82) is 0 Å². The van der Waals surface area contributed by atoms with Gasteiger partial charge >= 0.3 is 0 Å². The molecule has 1 heterocycles. The van der Waals surface area contributed by atoms with Gasteiger partial charge in [0.2, 0.25) is 5.89 Å². The van der Waals surface area contributed by atoms with E-state index in [-0.39, 0.29) is 5.41 Å². The minimum atomic E-state index is 0.00298. The number of hydrogen-bond donors (Lipinski definition) is 1. The fourth-order valence-corrected chi connectivity index (χ4v) is 2.56. The maximum atomic E-state index is 5.81. The SMILES string of the molecule is Cc1ccc(N)cc1SCc1ncc(C(C)(C)C)o1. The number of oxazole rings is 1. The van der Waals surface area contributed by atoms with E-state index in [9.17, 15) is 0 Å². The summed E-state index contributed by atoms with van der Waals surface area (Å²) in [5, 5.41) is 0. The van der Waals surface area contributed by atoms with E-state index in [1.54, 1.807) is 11.8 Å². The molecular formula is C15H20N2OS. The predicted molar refractivity (Wildman–Crippen MR) is 80.4 cm³/mol. The minimum absolute atomic E-state index is 0.00298. The number of thioether (sulfide) groups is 1. The summed E-state index contributed by atoms with van der Waals surface area (Å²) in [5.74, 6) is 2.41. The zero-order valence-electron chi connectivity index (χ0n) is 11.9. The molecule has 1 aromatic carbocycles. The highest BCUT2D eigenvalue weighted by Crippen LogP contribution is 2.29. The Morgan fingerprint density at radius 1 is 1.32 bits per heavy atom. The molecule has 2 aromatic rings. The van der Waals surface area contributed by atoms with Crippen LogP contribution in [0.4, 0.5) is 5.69 Å². The second-order valence-electron chi connectivity index (χ2n) is 5.68. The second kappa shape index (κ2) is 5.29. The smallest absolute Gasteiger partial charge is 0.204 e. The van der Waals surface area contributed by atoms with Gasteiger partial charge in [0.25, 0.3) is 0 Å². The Labute approximate surface area is 118 Å². The monoisotopic (exact) mass is 276 g/mol. The van der Waals surface area contributed by atoms with E-state index in [0.29, 0.717) is 0 Å². The number of hydrogen-bond acceptors (Lipinski definition) is 4. The summed E-state index contributed by atoms with van der Waals surface area (Å²) >= 11 is 1.70. The van der Waals surface area contributed by atoms with Crippen molar-refractivity contribution in [3.63, 3.8) is 0 Å². The van der Waals surface area contributed by atoms with Gasteiger partial charge in [0.1, 0.15) is 5.76 Å². The third-order valence-corrected chi connectivity index (χ3v) is 4.00. The molecule has 0 fully saturated rings. The lowest BCUT2D eigenvalue weighted by molar-refractivity contribution is 0.391. The van der Waals surface area contributed by atoms with Gasteiger partial charge in [0, 0.05) is 16.0 Å². The van der Waals surface area contributed by atoms with Crippen LogP contribution in [0.5, 0.6) is 0 Å². The van der Waals surface area contributed by atoms with Crippen LogP contribution in [0.15, 0.2) is 33.7 Å². The van der Waals surface area contributed by atoms with Gasteiger partial charge in [0.05, 0.1) is 11.9 Å². The summed E-state index contributed by atoms with van der Waals surface area (Å²) in [7, 11) is 0. The van der Waals surface area contributed by atoms with Gasteiger partial charge in [-0.3, -0.25) is 0 Å². The molecule has 0 aliphatic rings. The van der Waals surface area contributed by atoms with Gasteiger partial charge in [-0.2, -0.15) is 0 Å². The van der Waals surface area contributed by atoms with E-state index < -0.39 is 0 Å². The van der Waals surface area contributed by atoms with Crippen molar-refractivity contribution in [1.82, 2.24) is 4.98 Å². The van der Waals surface area contributed by atoms with Crippen LogP contribution in [0.2, 0.25) is 0 Å². The number of aryl methyl sites for hydroxylation is 1. The molecule has 1 aromatic heterocycles. The molecule has 0 unspecified atom stereocenters. The van der Waals surface area contributed by atoms with Crippen molar-refractivity contribution in [3.8, 4) is 0 Å². The number of nitrogens with zero attached hydrogens (tertiary/aromatic N) is 1. The molecule has 19 heavy (non-hydrogen) atoms. The lowest BCUT2D eigenvalue weighted by Gasteiger charge is -2.13. The topological polar surface area (TPSA) is 52.0 Å². The lowest BCUT2D eigenvalue weighted by atomic mass is 9.94. The highest BCUT2D eigenvalue weighted by atomic mass is 32.2. The molecule has 4 heteroatoms. The van der Waals surface area contributed by atoms with E-state index >= 15 is 0 Å². The average molecular weight is 276 g/mol. The summed E-state index contributed by atoms with van der Waals surface area (Å²) in [6.45, 7) is 8.43. The van der Waals surface area contributed by atoms with Gasteiger partial charge in [0.15, 0.2) is 0 Å². The normalized spacial score (nSPS) is 11.8. The summed E-state index contributed by atoms with van der Waals surface area (Å²) in [6.07, 6.45) is 1.82. The van der Waals surface area contributed by atoms with Crippen LogP contribution in [-0.2, 0) is 11.2 Å². The minimum Gasteiger partial charge on any atom is -0.444 e. The zero-order chi connectivity index (χ0) is 14.0. The standard InChI is InChI=1S/C15H20N2OS/c1-10-5-6-11(16)7-12(10)19-9-14-17-8-13(18-14)15(2,3)4/h5-8H,9,16H2,1-4H3. The van der Waals surface area contributed by atoms with E-state index in [1.807, 2.05) is 24.4 Å². The Morgan fingerprint density at radius 3 is 2.68 bits per heavy atom. The van der Waals surface area contributed by atoms with Crippen LogP contribution in [-0.4, -0.2) is 4.98 Å². The van der Waals surface area contributed by atoms with Crippen LogP contribution in [0, 0.1) is 6.92 Å². The zero-order valence-corrected chi connectivity index (χ0v) is 12.7. The Bertz CT molecular complexity index is 570. The van der Waals surface area contributed by atoms with Crippen molar-refractivity contribution in [2.24, 2.45) is 0 Å². The van der Waals surface area contributed by atoms with Gasteiger partial charge in [-0.1, -0.05) is 26.8 Å². The molecule has 0 saturated heterocycles. The average Bonchev–Trinajstić information content (AvgIpc) is 2.79. The predicted octanol–water partition coefficient (Wildman–Crippen LogP) is 4.16. The first-order valence-electron chi connectivity index (χ1n) is 6.30. The summed E-state index contributed by atoms with van der Waals surface area (Å²) in [4.78, 5) is 5.51. The van der Waals surface area contributed by atoms with Crippen LogP contribution < -0.4 is 5.73 Å².